The van der Waals surface area contributed by atoms with Gasteiger partial charge in [0.05, 0.1) is 5.02 Å². The fourth-order valence-corrected chi connectivity index (χ4v) is 7.98. The Bertz CT molecular complexity index is 1410. The summed E-state index contributed by atoms with van der Waals surface area (Å²) in [6.07, 6.45) is 3.29. The number of amides is 2. The van der Waals surface area contributed by atoms with Crippen molar-refractivity contribution in [2.45, 2.75) is 50.5 Å². The number of hydrogen-bond donors (Lipinski definition) is 3. The molecule has 0 spiro atoms. The lowest BCUT2D eigenvalue weighted by Gasteiger charge is -2.22. The van der Waals surface area contributed by atoms with Gasteiger partial charge < -0.3 is 5.32 Å². The number of primary amides is 1. The molecular formula is C28H34Cl2N3O4S2+. The quantitative estimate of drug-likeness (QED) is 0.289. The molecule has 1 aromatic heterocycles. The van der Waals surface area contributed by atoms with Gasteiger partial charge in [-0.3, -0.25) is 10.1 Å². The zero-order valence-corrected chi connectivity index (χ0v) is 25.1. The molecule has 1 saturated carbocycles. The van der Waals surface area contributed by atoms with Crippen molar-refractivity contribution >= 4 is 66.5 Å². The Kier molecular flexibility index (Phi) is 10.1. The Morgan fingerprint density at radius 1 is 1.05 bits per heavy atom. The first-order valence-corrected chi connectivity index (χ1v) is 16.2. The van der Waals surface area contributed by atoms with Crippen LogP contribution in [0.25, 0.3) is 10.1 Å². The van der Waals surface area contributed by atoms with Crippen LogP contribution in [0.3, 0.4) is 0 Å². The standard InChI is InChI=1S/C28H33Cl2N3O4S2/c1-17(2)12-23(33-28(35)25-13-18-6-3-4-9-24(18)38-25)27(34)31-15-19-7-5-8-20(19)16-32-39(36,37)26-11-10-21(29)14-22(26)30/h3-4,6,9-11,13-14,17,19-20,23,32H,5,7-8,12,15-16H2,1-2H3,(H,31,34)(H,33,35)/p+1. The normalized spacial score (nSPS) is 18.5. The molecule has 210 valence electrons. The number of halogens is 2. The van der Waals surface area contributed by atoms with E-state index in [0.717, 1.165) is 29.3 Å². The summed E-state index contributed by atoms with van der Waals surface area (Å²) in [6.45, 7) is 4.76. The van der Waals surface area contributed by atoms with Crippen molar-refractivity contribution in [2.75, 3.05) is 13.1 Å². The van der Waals surface area contributed by atoms with Crippen molar-refractivity contribution in [3.63, 3.8) is 0 Å². The number of nitrogens with one attached hydrogen (secondary N) is 2. The predicted octanol–water partition coefficient (Wildman–Crippen LogP) is 4.84. The fraction of sp³-hybridized carbons (Fsp3) is 0.429. The molecule has 0 aliphatic heterocycles. The second kappa shape index (κ2) is 13.1. The lowest BCUT2D eigenvalue weighted by molar-refractivity contribution is -0.582. The average Bonchev–Trinajstić information content (AvgIpc) is 3.52. The fourth-order valence-electron chi connectivity index (χ4n) is 5.13. The summed E-state index contributed by atoms with van der Waals surface area (Å²) in [4.78, 5) is 26.9. The summed E-state index contributed by atoms with van der Waals surface area (Å²) < 4.78 is 29.4. The largest absolute Gasteiger partial charge is 0.353 e. The summed E-state index contributed by atoms with van der Waals surface area (Å²) in [5.41, 5.74) is 0. The third-order valence-corrected chi connectivity index (χ3v) is 10.4. The van der Waals surface area contributed by atoms with Crippen molar-refractivity contribution in [3.05, 3.63) is 63.5 Å². The van der Waals surface area contributed by atoms with Crippen LogP contribution in [0.5, 0.6) is 0 Å². The average molecular weight is 612 g/mol. The van der Waals surface area contributed by atoms with E-state index in [-0.39, 0.29) is 46.0 Å². The van der Waals surface area contributed by atoms with E-state index in [4.69, 9.17) is 23.2 Å². The van der Waals surface area contributed by atoms with E-state index >= 15 is 0 Å². The molecule has 0 saturated heterocycles. The van der Waals surface area contributed by atoms with Gasteiger partial charge in [-0.1, -0.05) is 61.7 Å². The van der Waals surface area contributed by atoms with Crippen LogP contribution in [0.4, 0.5) is 0 Å². The number of quaternary nitrogens is 1. The summed E-state index contributed by atoms with van der Waals surface area (Å²) in [5.74, 6) is 0.151. The Morgan fingerprint density at radius 2 is 1.77 bits per heavy atom. The number of rotatable bonds is 11. The van der Waals surface area contributed by atoms with Crippen LogP contribution < -0.4 is 15.4 Å². The van der Waals surface area contributed by atoms with Gasteiger partial charge in [-0.25, -0.2) is 17.9 Å². The van der Waals surface area contributed by atoms with E-state index in [2.05, 4.69) is 10.0 Å². The number of benzene rings is 2. The van der Waals surface area contributed by atoms with Crippen LogP contribution >= 0.6 is 34.5 Å². The summed E-state index contributed by atoms with van der Waals surface area (Å²) >= 11 is 13.4. The zero-order chi connectivity index (χ0) is 28.2. The summed E-state index contributed by atoms with van der Waals surface area (Å²) in [7, 11) is -3.80. The van der Waals surface area contributed by atoms with Crippen LogP contribution in [-0.4, -0.2) is 39.4 Å². The Balaban J connectivity index is 1.34. The maximum Gasteiger partial charge on any atom is 0.353 e. The number of thiophene rings is 1. The highest BCUT2D eigenvalue weighted by Gasteiger charge is 2.32. The van der Waals surface area contributed by atoms with Gasteiger partial charge >= 0.3 is 5.91 Å². The topological polar surface area (TPSA) is 109 Å². The van der Waals surface area contributed by atoms with Crippen LogP contribution in [0, 0.1) is 17.8 Å². The minimum Gasteiger partial charge on any atom is -0.351 e. The van der Waals surface area contributed by atoms with Gasteiger partial charge in [0.1, 0.15) is 9.77 Å². The van der Waals surface area contributed by atoms with Crippen molar-refractivity contribution < 1.29 is 23.3 Å². The highest BCUT2D eigenvalue weighted by atomic mass is 35.5. The molecule has 3 aromatic rings. The van der Waals surface area contributed by atoms with Crippen LogP contribution in [0.15, 0.2) is 53.4 Å². The first kappa shape index (κ1) is 30.0. The maximum absolute atomic E-state index is 13.2. The third kappa shape index (κ3) is 7.80. The molecule has 3 atom stereocenters. The molecule has 1 fully saturated rings. The third-order valence-electron chi connectivity index (χ3n) is 7.16. The van der Waals surface area contributed by atoms with Gasteiger partial charge in [-0.05, 0) is 66.3 Å². The molecule has 1 heterocycles. The SMILES string of the molecule is CC(C)CC([NH2+]C(=O)c1cc2ccccc2s1)C(=O)NCC1CCCC1CNS(=O)(=O)c1ccc(Cl)cc1Cl. The van der Waals surface area contributed by atoms with Crippen molar-refractivity contribution in [3.8, 4) is 0 Å². The van der Waals surface area contributed by atoms with E-state index in [0.29, 0.717) is 22.9 Å². The van der Waals surface area contributed by atoms with Crippen LogP contribution in [0.1, 0.15) is 49.2 Å². The van der Waals surface area contributed by atoms with Crippen LogP contribution in [0.2, 0.25) is 10.0 Å². The Labute approximate surface area is 243 Å². The van der Waals surface area contributed by atoms with E-state index in [1.807, 2.05) is 44.2 Å². The first-order chi connectivity index (χ1) is 18.5. The molecule has 0 bridgehead atoms. The second-order valence-electron chi connectivity index (χ2n) is 10.5. The predicted molar refractivity (Wildman–Crippen MR) is 157 cm³/mol. The molecule has 0 radical (unpaired) electrons. The number of nitrogens with two attached hydrogens (primary N) is 1. The highest BCUT2D eigenvalue weighted by molar-refractivity contribution is 7.89. The molecule has 1 aliphatic carbocycles. The smallest absolute Gasteiger partial charge is 0.351 e. The molecule has 4 N–H and O–H groups in total. The molecule has 2 amide bonds. The van der Waals surface area contributed by atoms with Gasteiger partial charge in [0.2, 0.25) is 10.0 Å². The van der Waals surface area contributed by atoms with Crippen LogP contribution in [-0.2, 0) is 14.8 Å². The van der Waals surface area contributed by atoms with Gasteiger partial charge in [-0.15, -0.1) is 11.3 Å². The van der Waals surface area contributed by atoms with Gasteiger partial charge in [0.15, 0.2) is 6.04 Å². The van der Waals surface area contributed by atoms with Gasteiger partial charge in [0, 0.05) is 29.2 Å². The van der Waals surface area contributed by atoms with Gasteiger partial charge in [0.25, 0.3) is 5.91 Å². The van der Waals surface area contributed by atoms with Crippen molar-refractivity contribution in [1.29, 1.82) is 0 Å². The summed E-state index contributed by atoms with van der Waals surface area (Å²) in [6, 6.07) is 13.5. The molecule has 11 heteroatoms. The lowest BCUT2D eigenvalue weighted by atomic mass is 9.96. The van der Waals surface area contributed by atoms with Gasteiger partial charge in [-0.2, -0.15) is 0 Å². The number of carbonyl (C=O) groups excluding carboxylic acids is 2. The van der Waals surface area contributed by atoms with E-state index in [1.165, 1.54) is 29.5 Å². The number of sulfonamides is 1. The molecular weight excluding hydrogens is 577 g/mol. The number of fused-ring (bicyclic) bond motifs is 1. The molecule has 1 aliphatic rings. The minimum absolute atomic E-state index is 0.00761. The first-order valence-electron chi connectivity index (χ1n) is 13.1. The van der Waals surface area contributed by atoms with Crippen molar-refractivity contribution in [2.24, 2.45) is 17.8 Å². The molecule has 4 rings (SSSR count). The summed E-state index contributed by atoms with van der Waals surface area (Å²) in [5, 5.41) is 6.06. The molecule has 3 unspecified atom stereocenters. The van der Waals surface area contributed by atoms with E-state index in [9.17, 15) is 18.0 Å². The Hall–Kier alpha value is -2.01. The second-order valence-corrected chi connectivity index (χ2v) is 14.2. The number of hydrogen-bond acceptors (Lipinski definition) is 5. The van der Waals surface area contributed by atoms with Crippen molar-refractivity contribution in [1.82, 2.24) is 10.0 Å². The number of carbonyl (C=O) groups is 2. The monoisotopic (exact) mass is 610 g/mol. The zero-order valence-electron chi connectivity index (χ0n) is 22.0. The molecule has 7 nitrogen and oxygen atoms in total. The highest BCUT2D eigenvalue weighted by Crippen LogP contribution is 2.32. The maximum atomic E-state index is 13.2. The molecule has 39 heavy (non-hydrogen) atoms. The minimum atomic E-state index is -3.80. The lowest BCUT2D eigenvalue weighted by Crippen LogP contribution is -2.95. The van der Waals surface area contributed by atoms with E-state index < -0.39 is 16.1 Å². The molecule has 2 aromatic carbocycles. The Morgan fingerprint density at radius 3 is 2.46 bits per heavy atom. The van der Waals surface area contributed by atoms with E-state index in [1.54, 1.807) is 5.32 Å².